The van der Waals surface area contributed by atoms with Crippen LogP contribution < -0.4 is 5.32 Å². The van der Waals surface area contributed by atoms with Gasteiger partial charge in [0.1, 0.15) is 5.82 Å². The Morgan fingerprint density at radius 3 is 2.30 bits per heavy atom. The summed E-state index contributed by atoms with van der Waals surface area (Å²) in [6.45, 7) is 6.10. The number of carbonyl (C=O) groups excluding carboxylic acids is 3. The zero-order chi connectivity index (χ0) is 20.1. The minimum Gasteiger partial charge on any atom is -0.343 e. The highest BCUT2D eigenvalue weighted by atomic mass is 35.5. The maximum atomic E-state index is 13.8. The molecule has 1 saturated heterocycles. The van der Waals surface area contributed by atoms with Crippen molar-refractivity contribution in [2.24, 2.45) is 0 Å². The Labute approximate surface area is 163 Å². The first-order valence-electron chi connectivity index (χ1n) is 9.08. The van der Waals surface area contributed by atoms with Crippen LogP contribution in [0.3, 0.4) is 0 Å². The minimum atomic E-state index is -0.736. The molecule has 1 fully saturated rings. The molecular weight excluding hydrogens is 373 g/mol. The average molecular weight is 398 g/mol. The Morgan fingerprint density at radius 2 is 1.74 bits per heavy atom. The summed E-state index contributed by atoms with van der Waals surface area (Å²) in [6.07, 6.45) is 1.43. The zero-order valence-corrected chi connectivity index (χ0v) is 16.6. The highest BCUT2D eigenvalue weighted by molar-refractivity contribution is 6.33. The Bertz CT molecular complexity index is 708. The van der Waals surface area contributed by atoms with E-state index in [0.717, 1.165) is 12.5 Å². The van der Waals surface area contributed by atoms with Crippen LogP contribution in [-0.2, 0) is 9.59 Å². The van der Waals surface area contributed by atoms with E-state index in [0.29, 0.717) is 19.5 Å². The van der Waals surface area contributed by atoms with Crippen molar-refractivity contribution in [1.82, 2.24) is 15.1 Å². The van der Waals surface area contributed by atoms with Crippen molar-refractivity contribution in [3.05, 3.63) is 34.6 Å². The molecule has 6 nitrogen and oxygen atoms in total. The number of hydrogen-bond acceptors (Lipinski definition) is 3. The van der Waals surface area contributed by atoms with E-state index in [2.05, 4.69) is 5.32 Å². The molecule has 0 bridgehead atoms. The zero-order valence-electron chi connectivity index (χ0n) is 15.8. The molecule has 1 heterocycles. The molecule has 0 aliphatic carbocycles. The van der Waals surface area contributed by atoms with E-state index in [1.807, 2.05) is 13.8 Å². The minimum absolute atomic E-state index is 0.00473. The summed E-state index contributed by atoms with van der Waals surface area (Å²) in [6, 6.07) is 3.80. The molecule has 0 unspecified atom stereocenters. The predicted octanol–water partition coefficient (Wildman–Crippen LogP) is 2.46. The van der Waals surface area contributed by atoms with Crippen molar-refractivity contribution >= 4 is 29.3 Å². The summed E-state index contributed by atoms with van der Waals surface area (Å²) in [5, 5.41) is 2.45. The van der Waals surface area contributed by atoms with E-state index in [1.165, 1.54) is 19.1 Å². The summed E-state index contributed by atoms with van der Waals surface area (Å²) in [5.41, 5.74) is -0.271. The predicted molar refractivity (Wildman–Crippen MR) is 101 cm³/mol. The van der Waals surface area contributed by atoms with Crippen LogP contribution in [0, 0.1) is 5.82 Å². The second-order valence-corrected chi connectivity index (χ2v) is 7.03. The second kappa shape index (κ2) is 9.17. The molecule has 8 heteroatoms. The quantitative estimate of drug-likeness (QED) is 0.829. The molecule has 27 heavy (non-hydrogen) atoms. The molecule has 2 atom stereocenters. The van der Waals surface area contributed by atoms with E-state index in [1.54, 1.807) is 9.80 Å². The fraction of sp³-hybridized carbons (Fsp3) is 0.526. The highest BCUT2D eigenvalue weighted by Crippen LogP contribution is 2.21. The third-order valence-electron chi connectivity index (χ3n) is 4.95. The Kier molecular flexibility index (Phi) is 7.18. The number of benzene rings is 1. The van der Waals surface area contributed by atoms with Crippen molar-refractivity contribution in [3.63, 3.8) is 0 Å². The number of hydrogen-bond donors (Lipinski definition) is 1. The molecule has 3 amide bonds. The smallest absolute Gasteiger partial charge is 0.256 e. The molecule has 0 spiro atoms. The van der Waals surface area contributed by atoms with Gasteiger partial charge in [0.25, 0.3) is 5.91 Å². The van der Waals surface area contributed by atoms with Gasteiger partial charge in [0.2, 0.25) is 11.8 Å². The van der Waals surface area contributed by atoms with Crippen molar-refractivity contribution in [1.29, 1.82) is 0 Å². The molecule has 1 aromatic carbocycles. The lowest BCUT2D eigenvalue weighted by molar-refractivity contribution is -0.145. The van der Waals surface area contributed by atoms with Gasteiger partial charge in [-0.3, -0.25) is 14.4 Å². The maximum absolute atomic E-state index is 13.8. The van der Waals surface area contributed by atoms with Crippen LogP contribution in [0.25, 0.3) is 0 Å². The maximum Gasteiger partial charge on any atom is 0.256 e. The van der Waals surface area contributed by atoms with Crippen LogP contribution in [0.2, 0.25) is 5.02 Å². The summed E-state index contributed by atoms with van der Waals surface area (Å²) in [7, 11) is 0. The van der Waals surface area contributed by atoms with E-state index >= 15 is 0 Å². The number of nitrogens with zero attached hydrogens (tertiary/aromatic N) is 2. The van der Waals surface area contributed by atoms with Gasteiger partial charge in [-0.1, -0.05) is 31.5 Å². The standard InChI is InChI=1S/C19H25ClFN3O3/c1-4-13-11-24(14(5-2)10-23(13)12(3)25)17(26)9-22-19(27)18-15(20)7-6-8-16(18)21/h6-8,13-14H,4-5,9-11H2,1-3H3,(H,22,27)/t13-,14+/m1/s1. The van der Waals surface area contributed by atoms with Gasteiger partial charge in [-0.05, 0) is 25.0 Å². The third-order valence-corrected chi connectivity index (χ3v) is 5.27. The summed E-state index contributed by atoms with van der Waals surface area (Å²) in [4.78, 5) is 40.3. The van der Waals surface area contributed by atoms with Crippen molar-refractivity contribution in [2.75, 3.05) is 19.6 Å². The van der Waals surface area contributed by atoms with E-state index < -0.39 is 11.7 Å². The van der Waals surface area contributed by atoms with Crippen molar-refractivity contribution in [2.45, 2.75) is 45.7 Å². The molecule has 1 aliphatic heterocycles. The lowest BCUT2D eigenvalue weighted by Crippen LogP contribution is -2.61. The fourth-order valence-electron chi connectivity index (χ4n) is 3.40. The molecule has 148 valence electrons. The van der Waals surface area contributed by atoms with Crippen molar-refractivity contribution < 1.29 is 18.8 Å². The highest BCUT2D eigenvalue weighted by Gasteiger charge is 2.35. The van der Waals surface area contributed by atoms with Gasteiger partial charge < -0.3 is 15.1 Å². The van der Waals surface area contributed by atoms with Crippen LogP contribution in [0.4, 0.5) is 4.39 Å². The normalized spacial score (nSPS) is 19.7. The molecule has 1 aliphatic rings. The lowest BCUT2D eigenvalue weighted by atomic mass is 10.0. The number of nitrogens with one attached hydrogen (secondary N) is 1. The van der Waals surface area contributed by atoms with Crippen molar-refractivity contribution in [3.8, 4) is 0 Å². The van der Waals surface area contributed by atoms with E-state index in [9.17, 15) is 18.8 Å². The van der Waals surface area contributed by atoms with Gasteiger partial charge in [0, 0.05) is 32.1 Å². The Morgan fingerprint density at radius 1 is 1.15 bits per heavy atom. The largest absolute Gasteiger partial charge is 0.343 e. The lowest BCUT2D eigenvalue weighted by Gasteiger charge is -2.46. The average Bonchev–Trinajstić information content (AvgIpc) is 2.64. The van der Waals surface area contributed by atoms with Crippen LogP contribution in [0.15, 0.2) is 18.2 Å². The van der Waals surface area contributed by atoms with Crippen LogP contribution >= 0.6 is 11.6 Å². The second-order valence-electron chi connectivity index (χ2n) is 6.62. The van der Waals surface area contributed by atoms with Crippen LogP contribution in [0.5, 0.6) is 0 Å². The Hall–Kier alpha value is -2.15. The molecule has 2 rings (SSSR count). The third kappa shape index (κ3) is 4.77. The molecule has 0 radical (unpaired) electrons. The van der Waals surface area contributed by atoms with Gasteiger partial charge >= 0.3 is 0 Å². The van der Waals surface area contributed by atoms with Gasteiger partial charge in [-0.2, -0.15) is 0 Å². The number of piperazine rings is 1. The SMILES string of the molecule is CC[C@@H]1CN(C(=O)CNC(=O)c2c(F)cccc2Cl)[C@@H](CC)CN1C(C)=O. The van der Waals surface area contributed by atoms with Crippen LogP contribution in [0.1, 0.15) is 44.0 Å². The molecule has 0 saturated carbocycles. The first-order chi connectivity index (χ1) is 12.8. The van der Waals surface area contributed by atoms with Gasteiger partial charge in [0.05, 0.1) is 17.1 Å². The first-order valence-corrected chi connectivity index (χ1v) is 9.46. The monoisotopic (exact) mass is 397 g/mol. The Balaban J connectivity index is 2.06. The van der Waals surface area contributed by atoms with E-state index in [4.69, 9.17) is 11.6 Å². The summed E-state index contributed by atoms with van der Waals surface area (Å²) >= 11 is 5.88. The van der Waals surface area contributed by atoms with Crippen LogP contribution in [-0.4, -0.2) is 59.2 Å². The number of halogens is 2. The topological polar surface area (TPSA) is 69.7 Å². The number of rotatable bonds is 5. The van der Waals surface area contributed by atoms with Gasteiger partial charge in [0.15, 0.2) is 0 Å². The molecule has 1 N–H and O–H groups in total. The number of amides is 3. The van der Waals surface area contributed by atoms with Gasteiger partial charge in [-0.15, -0.1) is 0 Å². The van der Waals surface area contributed by atoms with E-state index in [-0.39, 0.29) is 41.0 Å². The summed E-state index contributed by atoms with van der Waals surface area (Å²) < 4.78 is 13.8. The van der Waals surface area contributed by atoms with Gasteiger partial charge in [-0.25, -0.2) is 4.39 Å². The number of carbonyl (C=O) groups is 3. The molecule has 0 aromatic heterocycles. The first kappa shape index (κ1) is 21.2. The molecule has 1 aromatic rings. The summed E-state index contributed by atoms with van der Waals surface area (Å²) in [5.74, 6) is -1.73. The fourth-order valence-corrected chi connectivity index (χ4v) is 3.65. The molecular formula is C19H25ClFN3O3.